The minimum absolute atomic E-state index is 0.195. The molecule has 0 fully saturated rings. The normalized spacial score (nSPS) is 10.0. The fourth-order valence-electron chi connectivity index (χ4n) is 1.29. The van der Waals surface area contributed by atoms with Crippen LogP contribution in [-0.4, -0.2) is 4.98 Å². The number of nitrogens with zero attached hydrogens (tertiary/aromatic N) is 2. The average Bonchev–Trinajstić information content (AvgIpc) is 2.16. The zero-order valence-electron chi connectivity index (χ0n) is 7.16. The van der Waals surface area contributed by atoms with E-state index in [1.807, 2.05) is 6.07 Å². The summed E-state index contributed by atoms with van der Waals surface area (Å²) in [4.78, 5) is 3.93. The lowest BCUT2D eigenvalue weighted by Crippen LogP contribution is -1.93. The third kappa shape index (κ3) is 1.25. The SMILES string of the molecule is N#Cc1cc(N)c2ccc(F)cc2n1. The number of rotatable bonds is 0. The lowest BCUT2D eigenvalue weighted by Gasteiger charge is -2.01. The van der Waals surface area contributed by atoms with Gasteiger partial charge < -0.3 is 5.73 Å². The largest absolute Gasteiger partial charge is 0.398 e. The molecule has 0 aliphatic carbocycles. The zero-order valence-corrected chi connectivity index (χ0v) is 7.16. The minimum atomic E-state index is -0.389. The molecule has 0 aliphatic heterocycles. The van der Waals surface area contributed by atoms with Gasteiger partial charge in [-0.2, -0.15) is 5.26 Å². The number of fused-ring (bicyclic) bond motifs is 1. The predicted octanol–water partition coefficient (Wildman–Crippen LogP) is 1.83. The Bertz CT molecular complexity index is 543. The molecule has 14 heavy (non-hydrogen) atoms. The van der Waals surface area contributed by atoms with Gasteiger partial charge in [0.15, 0.2) is 0 Å². The van der Waals surface area contributed by atoms with E-state index in [0.29, 0.717) is 16.6 Å². The van der Waals surface area contributed by atoms with Gasteiger partial charge in [0.05, 0.1) is 5.52 Å². The van der Waals surface area contributed by atoms with Gasteiger partial charge in [-0.05, 0) is 18.2 Å². The van der Waals surface area contributed by atoms with Crippen molar-refractivity contribution in [1.82, 2.24) is 4.98 Å². The molecule has 0 bridgehead atoms. The maximum Gasteiger partial charge on any atom is 0.143 e. The van der Waals surface area contributed by atoms with Crippen LogP contribution in [-0.2, 0) is 0 Å². The number of benzene rings is 1. The first-order chi connectivity index (χ1) is 6.70. The van der Waals surface area contributed by atoms with Crippen molar-refractivity contribution >= 4 is 16.6 Å². The Hall–Kier alpha value is -2.15. The summed E-state index contributed by atoms with van der Waals surface area (Å²) in [5.74, 6) is -0.389. The van der Waals surface area contributed by atoms with E-state index in [2.05, 4.69) is 4.98 Å². The lowest BCUT2D eigenvalue weighted by atomic mass is 10.1. The van der Waals surface area contributed by atoms with Crippen molar-refractivity contribution in [3.05, 3.63) is 35.8 Å². The Morgan fingerprint density at radius 1 is 1.36 bits per heavy atom. The van der Waals surface area contributed by atoms with Crippen LogP contribution in [0.25, 0.3) is 10.9 Å². The number of pyridine rings is 1. The molecular formula is C10H6FN3. The van der Waals surface area contributed by atoms with Gasteiger partial charge in [0, 0.05) is 17.1 Å². The molecule has 2 rings (SSSR count). The maximum absolute atomic E-state index is 12.8. The van der Waals surface area contributed by atoms with Crippen molar-refractivity contribution < 1.29 is 4.39 Å². The van der Waals surface area contributed by atoms with Gasteiger partial charge in [-0.15, -0.1) is 0 Å². The van der Waals surface area contributed by atoms with E-state index in [1.165, 1.54) is 18.2 Å². The third-order valence-electron chi connectivity index (χ3n) is 1.92. The summed E-state index contributed by atoms with van der Waals surface area (Å²) < 4.78 is 12.8. The number of hydrogen-bond donors (Lipinski definition) is 1. The number of nitrogens with two attached hydrogens (primary N) is 1. The number of aromatic nitrogens is 1. The molecule has 0 unspecified atom stereocenters. The van der Waals surface area contributed by atoms with E-state index in [0.717, 1.165) is 0 Å². The molecule has 1 aromatic heterocycles. The first-order valence-corrected chi connectivity index (χ1v) is 3.96. The monoisotopic (exact) mass is 187 g/mol. The molecule has 0 aliphatic rings. The maximum atomic E-state index is 12.8. The van der Waals surface area contributed by atoms with Crippen molar-refractivity contribution in [1.29, 1.82) is 5.26 Å². The summed E-state index contributed by atoms with van der Waals surface area (Å²) in [5.41, 5.74) is 6.70. The van der Waals surface area contributed by atoms with Gasteiger partial charge >= 0.3 is 0 Å². The van der Waals surface area contributed by atoms with Gasteiger partial charge in [-0.1, -0.05) is 0 Å². The fraction of sp³-hybridized carbons (Fsp3) is 0. The molecule has 0 spiro atoms. The molecule has 2 N–H and O–H groups in total. The number of hydrogen-bond acceptors (Lipinski definition) is 3. The number of nitrogen functional groups attached to an aromatic ring is 1. The summed E-state index contributed by atoms with van der Waals surface area (Å²) in [6, 6.07) is 7.46. The molecule has 68 valence electrons. The van der Waals surface area contributed by atoms with Gasteiger partial charge in [0.25, 0.3) is 0 Å². The van der Waals surface area contributed by atoms with E-state index in [1.54, 1.807) is 6.07 Å². The van der Waals surface area contributed by atoms with E-state index < -0.39 is 0 Å². The summed E-state index contributed by atoms with van der Waals surface area (Å²) in [6.45, 7) is 0. The standard InChI is InChI=1S/C10H6FN3/c11-6-1-2-8-9(13)4-7(5-12)14-10(8)3-6/h1-4H,(H2,13,14). The van der Waals surface area contributed by atoms with Crippen LogP contribution in [0.15, 0.2) is 24.3 Å². The fourth-order valence-corrected chi connectivity index (χ4v) is 1.29. The van der Waals surface area contributed by atoms with E-state index in [9.17, 15) is 4.39 Å². The van der Waals surface area contributed by atoms with E-state index >= 15 is 0 Å². The van der Waals surface area contributed by atoms with Crippen LogP contribution in [0.5, 0.6) is 0 Å². The Labute approximate surface area is 79.6 Å². The molecule has 0 saturated heterocycles. The van der Waals surface area contributed by atoms with Crippen molar-refractivity contribution in [2.75, 3.05) is 5.73 Å². The van der Waals surface area contributed by atoms with Crippen LogP contribution in [0.4, 0.5) is 10.1 Å². The van der Waals surface area contributed by atoms with Crippen LogP contribution < -0.4 is 5.73 Å². The van der Waals surface area contributed by atoms with Crippen LogP contribution in [0, 0.1) is 17.1 Å². The third-order valence-corrected chi connectivity index (χ3v) is 1.92. The van der Waals surface area contributed by atoms with Crippen LogP contribution in [0.2, 0.25) is 0 Å². The Kier molecular flexibility index (Phi) is 1.79. The second-order valence-electron chi connectivity index (χ2n) is 2.87. The smallest absolute Gasteiger partial charge is 0.143 e. The first-order valence-electron chi connectivity index (χ1n) is 3.96. The van der Waals surface area contributed by atoms with Crippen LogP contribution in [0.1, 0.15) is 5.69 Å². The quantitative estimate of drug-likeness (QED) is 0.684. The second kappa shape index (κ2) is 2.96. The summed E-state index contributed by atoms with van der Waals surface area (Å²) in [7, 11) is 0. The predicted molar refractivity (Wildman–Crippen MR) is 50.8 cm³/mol. The summed E-state index contributed by atoms with van der Waals surface area (Å²) >= 11 is 0. The van der Waals surface area contributed by atoms with Crippen molar-refractivity contribution in [2.24, 2.45) is 0 Å². The zero-order chi connectivity index (χ0) is 10.1. The average molecular weight is 187 g/mol. The van der Waals surface area contributed by atoms with Crippen molar-refractivity contribution in [3.8, 4) is 6.07 Å². The summed E-state index contributed by atoms with van der Waals surface area (Å²) in [5, 5.41) is 9.29. The van der Waals surface area contributed by atoms with Crippen molar-refractivity contribution in [2.45, 2.75) is 0 Å². The number of anilines is 1. The molecule has 1 heterocycles. The molecule has 1 aromatic carbocycles. The Morgan fingerprint density at radius 3 is 2.86 bits per heavy atom. The minimum Gasteiger partial charge on any atom is -0.398 e. The molecule has 2 aromatic rings. The Morgan fingerprint density at radius 2 is 2.14 bits per heavy atom. The van der Waals surface area contributed by atoms with Crippen LogP contribution >= 0.6 is 0 Å². The van der Waals surface area contributed by atoms with E-state index in [4.69, 9.17) is 11.0 Å². The highest BCUT2D eigenvalue weighted by Gasteiger charge is 2.03. The number of halogens is 1. The van der Waals surface area contributed by atoms with E-state index in [-0.39, 0.29) is 11.5 Å². The molecule has 0 atom stereocenters. The first kappa shape index (κ1) is 8.45. The van der Waals surface area contributed by atoms with Gasteiger partial charge in [0.1, 0.15) is 17.6 Å². The molecule has 3 nitrogen and oxygen atoms in total. The topological polar surface area (TPSA) is 62.7 Å². The van der Waals surface area contributed by atoms with Gasteiger partial charge in [-0.25, -0.2) is 9.37 Å². The molecule has 0 radical (unpaired) electrons. The second-order valence-corrected chi connectivity index (χ2v) is 2.87. The van der Waals surface area contributed by atoms with Crippen molar-refractivity contribution in [3.63, 3.8) is 0 Å². The molecule has 4 heteroatoms. The highest BCUT2D eigenvalue weighted by Crippen LogP contribution is 2.20. The lowest BCUT2D eigenvalue weighted by molar-refractivity contribution is 0.629. The van der Waals surface area contributed by atoms with Gasteiger partial charge in [0.2, 0.25) is 0 Å². The van der Waals surface area contributed by atoms with Crippen LogP contribution in [0.3, 0.4) is 0 Å². The molecule has 0 saturated carbocycles. The number of nitriles is 1. The Balaban J connectivity index is 2.85. The highest BCUT2D eigenvalue weighted by atomic mass is 19.1. The highest BCUT2D eigenvalue weighted by molar-refractivity contribution is 5.90. The molecular weight excluding hydrogens is 181 g/mol. The molecule has 0 amide bonds. The summed E-state index contributed by atoms with van der Waals surface area (Å²) in [6.07, 6.45) is 0. The van der Waals surface area contributed by atoms with Gasteiger partial charge in [-0.3, -0.25) is 0 Å².